The zero-order chi connectivity index (χ0) is 50.3. The molecule has 72 heavy (non-hydrogen) atoms. The second-order valence-corrected chi connectivity index (χ2v) is 23.6. The fraction of sp³-hybridized carbons (Fsp3) is 0.273. The van der Waals surface area contributed by atoms with Gasteiger partial charge in [-0.25, -0.2) is 4.98 Å². The third kappa shape index (κ3) is 9.42. The molecule has 7 aromatic carbocycles. The van der Waals surface area contributed by atoms with Gasteiger partial charge in [-0.15, -0.1) is 53.6 Å². The van der Waals surface area contributed by atoms with Crippen LogP contribution in [0.25, 0.3) is 27.6 Å². The topological polar surface area (TPSA) is 33.5 Å². The van der Waals surface area contributed by atoms with E-state index in [0.29, 0.717) is 11.5 Å². The van der Waals surface area contributed by atoms with Crippen molar-refractivity contribution in [3.8, 4) is 17.3 Å². The van der Waals surface area contributed by atoms with E-state index in [-0.39, 0.29) is 48.1 Å². The first-order valence-electron chi connectivity index (χ1n) is 25.1. The van der Waals surface area contributed by atoms with Crippen molar-refractivity contribution in [3.63, 3.8) is 0 Å². The van der Waals surface area contributed by atoms with E-state index in [1.807, 2.05) is 6.20 Å². The number of hydrogen-bond acceptors (Lipinski definition) is 4. The number of rotatable bonds is 9. The van der Waals surface area contributed by atoms with Crippen molar-refractivity contribution >= 4 is 44.6 Å². The summed E-state index contributed by atoms with van der Waals surface area (Å²) in [6.45, 7) is 31.8. The van der Waals surface area contributed by atoms with Crippen LogP contribution in [0.15, 0.2) is 164 Å². The minimum absolute atomic E-state index is 0. The maximum Gasteiger partial charge on any atom is 0.135 e. The van der Waals surface area contributed by atoms with Crippen molar-refractivity contribution in [2.24, 2.45) is 0 Å². The Morgan fingerprint density at radius 3 is 1.69 bits per heavy atom. The number of fused-ring (bicyclic) bond motifs is 4. The molecule has 0 atom stereocenters. The smallest absolute Gasteiger partial charge is 0.135 e. The van der Waals surface area contributed by atoms with E-state index in [1.165, 1.54) is 33.4 Å². The minimum Gasteiger partial charge on any atom is -0.509 e. The Kier molecular flexibility index (Phi) is 13.0. The molecule has 1 aliphatic heterocycles. The molecule has 6 heteroatoms. The van der Waals surface area contributed by atoms with Gasteiger partial charge in [-0.2, -0.15) is 6.07 Å². The molecule has 0 unspecified atom stereocenters. The monoisotopic (exact) mass is 1130 g/mol. The SMILES string of the molecule is CC(C)(C)c1ccnc(-n2c3[c-]c(Oc4[c-]c(N5[CH-]N(c6cccc(C(C)(C)c7ccccc7)c6)c6ccc(C(C)(C)C)cc65)cc(C(C)(C)c5ccccc5)c4)ccc3c3cc(C(C)(C)C)ccc32)c1.[Pt]. The van der Waals surface area contributed by atoms with Gasteiger partial charge in [0.1, 0.15) is 5.82 Å². The molecule has 0 N–H and O–H groups in total. The Morgan fingerprint density at radius 2 is 1.04 bits per heavy atom. The van der Waals surface area contributed by atoms with Crippen molar-refractivity contribution in [2.45, 2.75) is 117 Å². The maximum atomic E-state index is 7.07. The van der Waals surface area contributed by atoms with Gasteiger partial charge in [-0.3, -0.25) is 0 Å². The zero-order valence-corrected chi connectivity index (χ0v) is 46.5. The largest absolute Gasteiger partial charge is 0.509 e. The average molecular weight is 1130 g/mol. The van der Waals surface area contributed by atoms with Gasteiger partial charge in [-0.05, 0) is 103 Å². The molecule has 10 rings (SSSR count). The quantitative estimate of drug-likeness (QED) is 0.135. The summed E-state index contributed by atoms with van der Waals surface area (Å²) in [5.74, 6) is 2.06. The Labute approximate surface area is 443 Å². The molecule has 2 aromatic heterocycles. The van der Waals surface area contributed by atoms with E-state index in [9.17, 15) is 0 Å². The molecule has 0 aliphatic carbocycles. The third-order valence-electron chi connectivity index (χ3n) is 14.8. The van der Waals surface area contributed by atoms with Crippen LogP contribution in [0, 0.1) is 18.8 Å². The summed E-state index contributed by atoms with van der Waals surface area (Å²) in [6, 6.07) is 64.8. The molecular weight excluding hydrogens is 1060 g/mol. The van der Waals surface area contributed by atoms with Crippen molar-refractivity contribution in [3.05, 3.63) is 222 Å². The summed E-state index contributed by atoms with van der Waals surface area (Å²) >= 11 is 0. The van der Waals surface area contributed by atoms with Crippen molar-refractivity contribution < 1.29 is 25.8 Å². The van der Waals surface area contributed by atoms with Gasteiger partial charge in [0.15, 0.2) is 0 Å². The molecule has 1 aliphatic rings. The van der Waals surface area contributed by atoms with Gasteiger partial charge in [0.05, 0.1) is 0 Å². The Bertz CT molecular complexity index is 3440. The van der Waals surface area contributed by atoms with Crippen LogP contribution < -0.4 is 14.5 Å². The van der Waals surface area contributed by atoms with Crippen LogP contribution in [-0.2, 0) is 48.1 Å². The molecule has 0 radical (unpaired) electrons. The molecule has 0 saturated heterocycles. The van der Waals surface area contributed by atoms with Gasteiger partial charge in [0.2, 0.25) is 0 Å². The normalized spacial score (nSPS) is 13.4. The summed E-state index contributed by atoms with van der Waals surface area (Å²) in [4.78, 5) is 9.60. The molecule has 0 bridgehead atoms. The maximum absolute atomic E-state index is 7.07. The molecule has 0 spiro atoms. The van der Waals surface area contributed by atoms with E-state index >= 15 is 0 Å². The molecule has 0 fully saturated rings. The summed E-state index contributed by atoms with van der Waals surface area (Å²) in [5, 5.41) is 2.26. The summed E-state index contributed by atoms with van der Waals surface area (Å²) in [6.07, 6.45) is 1.93. The average Bonchev–Trinajstić information content (AvgIpc) is 3.89. The predicted octanol–water partition coefficient (Wildman–Crippen LogP) is 17.5. The number of aromatic nitrogens is 2. The molecule has 5 nitrogen and oxygen atoms in total. The number of hydrogen-bond donors (Lipinski definition) is 0. The first-order chi connectivity index (χ1) is 33.6. The number of nitrogens with zero attached hydrogens (tertiary/aromatic N) is 4. The predicted molar refractivity (Wildman–Crippen MR) is 297 cm³/mol. The zero-order valence-electron chi connectivity index (χ0n) is 44.2. The molecule has 0 saturated carbocycles. The first-order valence-corrected chi connectivity index (χ1v) is 25.1. The molecule has 3 heterocycles. The number of pyridine rings is 1. The minimum atomic E-state index is -0.384. The van der Waals surface area contributed by atoms with Gasteiger partial charge in [0, 0.05) is 66.8 Å². The number of ether oxygens (including phenoxy) is 1. The van der Waals surface area contributed by atoms with Crippen LogP contribution in [0.1, 0.15) is 129 Å². The van der Waals surface area contributed by atoms with E-state index < -0.39 is 0 Å². The summed E-state index contributed by atoms with van der Waals surface area (Å²) < 4.78 is 9.32. The van der Waals surface area contributed by atoms with Crippen LogP contribution in [0.3, 0.4) is 0 Å². The van der Waals surface area contributed by atoms with E-state index in [2.05, 4.69) is 281 Å². The van der Waals surface area contributed by atoms with Crippen molar-refractivity contribution in [1.82, 2.24) is 9.55 Å². The van der Waals surface area contributed by atoms with Crippen LogP contribution in [0.5, 0.6) is 11.5 Å². The van der Waals surface area contributed by atoms with Gasteiger partial charge >= 0.3 is 0 Å². The van der Waals surface area contributed by atoms with Crippen LogP contribution in [0.2, 0.25) is 0 Å². The third-order valence-corrected chi connectivity index (χ3v) is 14.8. The Hall–Kier alpha value is -6.42. The molecule has 9 aromatic rings. The Balaban J connectivity index is 0.00000640. The van der Waals surface area contributed by atoms with Crippen molar-refractivity contribution in [2.75, 3.05) is 9.80 Å². The molecule has 370 valence electrons. The Morgan fingerprint density at radius 1 is 0.444 bits per heavy atom. The first kappa shape index (κ1) is 50.5. The van der Waals surface area contributed by atoms with E-state index in [1.54, 1.807) is 0 Å². The molecule has 0 amide bonds. The summed E-state index contributed by atoms with van der Waals surface area (Å²) in [5.41, 5.74) is 14.0. The van der Waals surface area contributed by atoms with Gasteiger partial charge < -0.3 is 19.1 Å². The molecular formula is C66H67N4OPt-3. The van der Waals surface area contributed by atoms with E-state index in [0.717, 1.165) is 55.9 Å². The fourth-order valence-corrected chi connectivity index (χ4v) is 10.0. The van der Waals surface area contributed by atoms with E-state index in [4.69, 9.17) is 9.72 Å². The second-order valence-electron chi connectivity index (χ2n) is 23.6. The number of anilines is 4. The fourth-order valence-electron chi connectivity index (χ4n) is 10.0. The second kappa shape index (κ2) is 18.6. The van der Waals surface area contributed by atoms with Crippen LogP contribution in [0.4, 0.5) is 22.7 Å². The standard InChI is InChI=1S/C66H67N4O.Pt/c1-62(2,3)46-27-31-57-56(38-46)55-30-29-53(42-59(55)70(57)61-40-48(33-34-67-61)64(7,8)9)71-54-37-50(66(12,13)45-23-18-15-19-24-45)36-52(41-54)69-43-68(58-32-28-47(39-60(58)69)63(4,5)6)51-26-20-25-49(35-51)65(10,11)44-21-16-14-17-22-44;/h14-40,43H,1-13H3;/q-3;. The van der Waals surface area contributed by atoms with Crippen LogP contribution >= 0.6 is 0 Å². The van der Waals surface area contributed by atoms with Crippen LogP contribution in [-0.4, -0.2) is 9.55 Å². The van der Waals surface area contributed by atoms with Crippen molar-refractivity contribution in [1.29, 1.82) is 0 Å². The van der Waals surface area contributed by atoms with Gasteiger partial charge in [0.25, 0.3) is 0 Å². The number of benzene rings is 7. The summed E-state index contributed by atoms with van der Waals surface area (Å²) in [7, 11) is 0. The van der Waals surface area contributed by atoms with Gasteiger partial charge in [-0.1, -0.05) is 187 Å².